The van der Waals surface area contributed by atoms with E-state index in [2.05, 4.69) is 91.6 Å². The van der Waals surface area contributed by atoms with Crippen molar-refractivity contribution >= 4 is 71.7 Å². The summed E-state index contributed by atoms with van der Waals surface area (Å²) in [6.45, 7) is 0. The van der Waals surface area contributed by atoms with Gasteiger partial charge in [-0.15, -0.1) is 0 Å². The van der Waals surface area contributed by atoms with E-state index in [-0.39, 0.29) is 0 Å². The van der Waals surface area contributed by atoms with Gasteiger partial charge in [-0.2, -0.15) is 0 Å². The van der Waals surface area contributed by atoms with Crippen LogP contribution in [0.15, 0.2) is 141 Å². The minimum Gasteiger partial charge on any atom is -0.303 e. The molecule has 0 spiro atoms. The molecule has 0 saturated heterocycles. The number of hydrogen-bond acceptors (Lipinski definition) is 10. The molecule has 0 radical (unpaired) electrons. The molecule has 0 saturated carbocycles. The minimum atomic E-state index is 0.553. The molecule has 3 heterocycles. The van der Waals surface area contributed by atoms with Gasteiger partial charge >= 0.3 is 0 Å². The van der Waals surface area contributed by atoms with Gasteiger partial charge in [0.2, 0.25) is 0 Å². The van der Waals surface area contributed by atoms with Crippen molar-refractivity contribution in [1.29, 1.82) is 0 Å². The molecule has 3 aromatic heterocycles. The van der Waals surface area contributed by atoms with Crippen LogP contribution in [0.25, 0.3) is 76.9 Å². The highest BCUT2D eigenvalue weighted by atomic mass is 16.6. The lowest BCUT2D eigenvalue weighted by molar-refractivity contribution is 0.315. The van der Waals surface area contributed by atoms with Crippen molar-refractivity contribution in [2.45, 2.75) is 0 Å². The van der Waals surface area contributed by atoms with Gasteiger partial charge in [0.25, 0.3) is 0 Å². The van der Waals surface area contributed by atoms with Gasteiger partial charge in [0.05, 0.1) is 17.1 Å². The Bertz CT molecular complexity index is 2680. The molecule has 0 bridgehead atoms. The number of hydrogen-bond donors (Lipinski definition) is 0. The molecule has 0 fully saturated rings. The zero-order valence-electron chi connectivity index (χ0n) is 25.0. The highest BCUT2D eigenvalue weighted by molar-refractivity contribution is 6.09. The predicted molar refractivity (Wildman–Crippen MR) is 183 cm³/mol. The lowest BCUT2D eigenvalue weighted by atomic mass is 9.98. The van der Waals surface area contributed by atoms with Gasteiger partial charge in [0.1, 0.15) is 16.6 Å². The maximum absolute atomic E-state index is 5.41. The van der Waals surface area contributed by atoms with Crippen molar-refractivity contribution in [3.8, 4) is 22.3 Å². The molecular weight excluding hydrogens is 602 g/mol. The third-order valence-electron chi connectivity index (χ3n) is 8.90. The van der Waals surface area contributed by atoms with Gasteiger partial charge in [-0.1, -0.05) is 78.9 Å². The molecule has 0 N–H and O–H groups in total. The van der Waals surface area contributed by atoms with E-state index in [1.165, 1.54) is 0 Å². The SMILES string of the molecule is c1ccc2cc(-c3ccc(N(c4cccc5nonc45)c4ccc(-c5ccc6ccccc6c5)c5nonc45)c4nonc34)ccc2c1. The first kappa shape index (κ1) is 26.3. The van der Waals surface area contributed by atoms with Gasteiger partial charge in [-0.3, -0.25) is 0 Å². The third-order valence-corrected chi connectivity index (χ3v) is 8.90. The first-order valence-electron chi connectivity index (χ1n) is 15.3. The van der Waals surface area contributed by atoms with Crippen LogP contribution in [0.3, 0.4) is 0 Å². The summed E-state index contributed by atoms with van der Waals surface area (Å²) in [6, 6.07) is 42.9. The van der Waals surface area contributed by atoms with Gasteiger partial charge in [-0.05, 0) is 112 Å². The summed E-state index contributed by atoms with van der Waals surface area (Å²) in [7, 11) is 0. The normalized spacial score (nSPS) is 11.8. The average molecular weight is 624 g/mol. The van der Waals surface area contributed by atoms with Crippen molar-refractivity contribution in [3.05, 3.63) is 127 Å². The number of nitrogens with zero attached hydrogens (tertiary/aromatic N) is 7. The lowest BCUT2D eigenvalue weighted by Crippen LogP contribution is -2.12. The number of rotatable bonds is 5. The van der Waals surface area contributed by atoms with Crippen molar-refractivity contribution in [2.24, 2.45) is 0 Å². The van der Waals surface area contributed by atoms with Crippen LogP contribution in [0, 0.1) is 0 Å². The first-order chi connectivity index (χ1) is 23.8. The summed E-state index contributed by atoms with van der Waals surface area (Å²) >= 11 is 0. The van der Waals surface area contributed by atoms with Gasteiger partial charge in [0.15, 0.2) is 16.6 Å². The summed E-state index contributed by atoms with van der Waals surface area (Å²) in [4.78, 5) is 2.00. The molecule has 0 aliphatic rings. The van der Waals surface area contributed by atoms with Crippen molar-refractivity contribution in [1.82, 2.24) is 30.9 Å². The van der Waals surface area contributed by atoms with E-state index >= 15 is 0 Å². The third kappa shape index (κ3) is 3.99. The fourth-order valence-electron chi connectivity index (χ4n) is 6.61. The van der Waals surface area contributed by atoms with E-state index < -0.39 is 0 Å². The summed E-state index contributed by atoms with van der Waals surface area (Å²) in [6.07, 6.45) is 0. The Hall–Kier alpha value is -6.94. The molecule has 10 nitrogen and oxygen atoms in total. The quantitative estimate of drug-likeness (QED) is 0.183. The number of aromatic nitrogens is 6. The second-order valence-electron chi connectivity index (χ2n) is 11.6. The number of benzene rings is 7. The Kier molecular flexibility index (Phi) is 5.64. The molecular formula is C38H21N7O3. The zero-order chi connectivity index (χ0) is 31.6. The Morgan fingerprint density at radius 2 is 0.833 bits per heavy atom. The molecule has 0 amide bonds. The summed E-state index contributed by atoms with van der Waals surface area (Å²) < 4.78 is 16.0. The topological polar surface area (TPSA) is 120 Å². The lowest BCUT2D eigenvalue weighted by Gasteiger charge is -2.25. The average Bonchev–Trinajstić information content (AvgIpc) is 3.93. The monoisotopic (exact) mass is 623 g/mol. The molecule has 10 rings (SSSR count). The Morgan fingerprint density at radius 3 is 1.42 bits per heavy atom. The standard InChI is InChI=1S/C38H21N7O3/c1-3-8-24-20-26(14-12-22(24)6-1)28-16-18-32(37-34(28)40-47-43-37)45(31-11-5-10-30-36(31)42-46-39-30)33-19-17-29(35-38(33)44-48-41-35)27-15-13-23-7-2-4-9-25(23)21-27/h1-21H. The fraction of sp³-hybridized carbons (Fsp3) is 0. The van der Waals surface area contributed by atoms with E-state index in [1.807, 2.05) is 71.6 Å². The van der Waals surface area contributed by atoms with Crippen LogP contribution >= 0.6 is 0 Å². The van der Waals surface area contributed by atoms with E-state index in [9.17, 15) is 0 Å². The van der Waals surface area contributed by atoms with Crippen molar-refractivity contribution in [2.75, 3.05) is 4.90 Å². The van der Waals surface area contributed by atoms with Crippen LogP contribution in [-0.4, -0.2) is 30.9 Å². The molecule has 10 aromatic rings. The predicted octanol–water partition coefficient (Wildman–Crippen LogP) is 9.41. The maximum Gasteiger partial charge on any atom is 0.159 e. The minimum absolute atomic E-state index is 0.553. The van der Waals surface area contributed by atoms with E-state index in [1.54, 1.807) is 0 Å². The Labute approximate surface area is 270 Å². The van der Waals surface area contributed by atoms with E-state index in [4.69, 9.17) is 13.9 Å². The highest BCUT2D eigenvalue weighted by Gasteiger charge is 2.27. The van der Waals surface area contributed by atoms with E-state index in [0.29, 0.717) is 50.2 Å². The summed E-state index contributed by atoms with van der Waals surface area (Å²) in [5, 5.41) is 30.6. The van der Waals surface area contributed by atoms with Crippen LogP contribution in [0.2, 0.25) is 0 Å². The van der Waals surface area contributed by atoms with Crippen LogP contribution in [0.1, 0.15) is 0 Å². The van der Waals surface area contributed by atoms with Crippen LogP contribution in [0.5, 0.6) is 0 Å². The summed E-state index contributed by atoms with van der Waals surface area (Å²) in [5.74, 6) is 0. The van der Waals surface area contributed by atoms with Crippen molar-refractivity contribution in [3.63, 3.8) is 0 Å². The van der Waals surface area contributed by atoms with Crippen LogP contribution in [0.4, 0.5) is 17.1 Å². The maximum atomic E-state index is 5.41. The van der Waals surface area contributed by atoms with Gasteiger partial charge < -0.3 is 4.90 Å². The van der Waals surface area contributed by atoms with E-state index in [0.717, 1.165) is 43.8 Å². The van der Waals surface area contributed by atoms with Crippen LogP contribution < -0.4 is 4.90 Å². The molecule has 10 heteroatoms. The number of fused-ring (bicyclic) bond motifs is 5. The molecule has 226 valence electrons. The fourth-order valence-corrected chi connectivity index (χ4v) is 6.61. The Morgan fingerprint density at radius 1 is 0.354 bits per heavy atom. The second kappa shape index (κ2) is 10.3. The second-order valence-corrected chi connectivity index (χ2v) is 11.6. The Balaban J connectivity index is 1.20. The molecule has 0 unspecified atom stereocenters. The zero-order valence-corrected chi connectivity index (χ0v) is 25.0. The number of anilines is 3. The van der Waals surface area contributed by atoms with Crippen LogP contribution in [-0.2, 0) is 0 Å². The molecule has 7 aromatic carbocycles. The largest absolute Gasteiger partial charge is 0.303 e. The molecule has 48 heavy (non-hydrogen) atoms. The smallest absolute Gasteiger partial charge is 0.159 e. The highest BCUT2D eigenvalue weighted by Crippen LogP contribution is 2.46. The van der Waals surface area contributed by atoms with Gasteiger partial charge in [0, 0.05) is 11.1 Å². The molecule has 0 atom stereocenters. The van der Waals surface area contributed by atoms with Crippen molar-refractivity contribution < 1.29 is 13.9 Å². The summed E-state index contributed by atoms with van der Waals surface area (Å²) in [5.41, 5.74) is 9.34. The van der Waals surface area contributed by atoms with Gasteiger partial charge in [-0.25, -0.2) is 13.9 Å². The molecule has 0 aliphatic heterocycles. The first-order valence-corrected chi connectivity index (χ1v) is 15.3. The molecule has 0 aliphatic carbocycles.